The number of unbranched alkanes of at least 4 members (excludes halogenated alkanes) is 5. The quantitative estimate of drug-likeness (QED) is 0.109. The second kappa shape index (κ2) is 12.4. The monoisotopic (exact) mass is 406 g/mol. The summed E-state index contributed by atoms with van der Waals surface area (Å²) in [6, 6.07) is 0.738. The van der Waals surface area contributed by atoms with Crippen molar-refractivity contribution in [1.29, 1.82) is 0 Å². The van der Waals surface area contributed by atoms with Gasteiger partial charge in [0.25, 0.3) is 0 Å². The van der Waals surface area contributed by atoms with Crippen molar-refractivity contribution < 1.29 is 27.0 Å². The van der Waals surface area contributed by atoms with Crippen LogP contribution in [-0.4, -0.2) is 20.0 Å². The number of aryl methyl sites for hydroxylation is 1. The van der Waals surface area contributed by atoms with Crippen molar-refractivity contribution in [2.24, 2.45) is 5.92 Å². The first-order chi connectivity index (χ1) is 13.3. The summed E-state index contributed by atoms with van der Waals surface area (Å²) in [4.78, 5) is 0. The summed E-state index contributed by atoms with van der Waals surface area (Å²) in [5, 5.41) is 0. The fraction of sp³-hybridized carbons (Fsp3) is 0.727. The zero-order valence-corrected chi connectivity index (χ0v) is 17.6. The maximum atomic E-state index is 13.9. The topological polar surface area (TPSA) is 18.5 Å². The van der Waals surface area contributed by atoms with Crippen molar-refractivity contribution in [2.75, 3.05) is 14.2 Å². The van der Waals surface area contributed by atoms with E-state index in [2.05, 4.69) is 6.92 Å². The van der Waals surface area contributed by atoms with Crippen LogP contribution in [0.3, 0.4) is 0 Å². The van der Waals surface area contributed by atoms with Crippen LogP contribution >= 0.6 is 0 Å². The summed E-state index contributed by atoms with van der Waals surface area (Å²) in [6.45, 7) is 4.05. The highest BCUT2D eigenvalue weighted by atomic mass is 19.2. The smallest absolute Gasteiger partial charge is 0.197 e. The zero-order valence-electron chi connectivity index (χ0n) is 17.6. The molecule has 0 aliphatic heterocycles. The van der Waals surface area contributed by atoms with Crippen LogP contribution in [0.15, 0.2) is 6.07 Å². The van der Waals surface area contributed by atoms with Gasteiger partial charge in [0.1, 0.15) is 0 Å². The van der Waals surface area contributed by atoms with Gasteiger partial charge in [0, 0.05) is 20.1 Å². The Morgan fingerprint density at radius 2 is 1.39 bits per heavy atom. The third-order valence-electron chi connectivity index (χ3n) is 5.64. The van der Waals surface area contributed by atoms with E-state index in [0.29, 0.717) is 12.8 Å². The van der Waals surface area contributed by atoms with E-state index in [1.807, 2.05) is 6.92 Å². The largest absolute Gasteiger partial charge is 0.353 e. The first-order valence-electron chi connectivity index (χ1n) is 10.2. The third-order valence-corrected chi connectivity index (χ3v) is 5.64. The number of methoxy groups -OCH3 is 2. The lowest BCUT2D eigenvalue weighted by atomic mass is 9.87. The molecule has 162 valence electrons. The minimum Gasteiger partial charge on any atom is -0.353 e. The first kappa shape index (κ1) is 24.9. The Labute approximate surface area is 166 Å². The number of halogens is 4. The average Bonchev–Trinajstić information content (AvgIpc) is 2.70. The van der Waals surface area contributed by atoms with E-state index in [4.69, 9.17) is 9.47 Å². The van der Waals surface area contributed by atoms with Gasteiger partial charge in [0.2, 0.25) is 0 Å². The highest BCUT2D eigenvalue weighted by Crippen LogP contribution is 2.32. The van der Waals surface area contributed by atoms with E-state index < -0.39 is 29.1 Å². The molecule has 0 saturated carbocycles. The lowest BCUT2D eigenvalue weighted by Gasteiger charge is -2.35. The molecule has 6 heteroatoms. The van der Waals surface area contributed by atoms with Gasteiger partial charge in [-0.3, -0.25) is 0 Å². The van der Waals surface area contributed by atoms with E-state index in [1.54, 1.807) is 14.2 Å². The average molecular weight is 407 g/mol. The van der Waals surface area contributed by atoms with Gasteiger partial charge < -0.3 is 9.47 Å². The molecule has 0 radical (unpaired) electrons. The van der Waals surface area contributed by atoms with Crippen LogP contribution in [0, 0.1) is 29.2 Å². The molecule has 0 aliphatic carbocycles. The van der Waals surface area contributed by atoms with E-state index in [1.165, 1.54) is 25.7 Å². The summed E-state index contributed by atoms with van der Waals surface area (Å²) in [5.74, 6) is -6.91. The number of benzene rings is 1. The van der Waals surface area contributed by atoms with Crippen LogP contribution in [0.25, 0.3) is 0 Å². The maximum absolute atomic E-state index is 13.9. The van der Waals surface area contributed by atoms with Crippen LogP contribution < -0.4 is 0 Å². The Morgan fingerprint density at radius 3 is 2.00 bits per heavy atom. The fourth-order valence-corrected chi connectivity index (χ4v) is 3.60. The zero-order chi connectivity index (χ0) is 21.2. The van der Waals surface area contributed by atoms with Gasteiger partial charge in [0.05, 0.1) is 0 Å². The summed E-state index contributed by atoms with van der Waals surface area (Å²) in [5.41, 5.74) is -0.147. The van der Waals surface area contributed by atoms with Crippen LogP contribution in [0.2, 0.25) is 0 Å². The fourth-order valence-electron chi connectivity index (χ4n) is 3.60. The van der Waals surface area contributed by atoms with Gasteiger partial charge in [-0.05, 0) is 44.2 Å². The number of rotatable bonds is 14. The predicted molar refractivity (Wildman–Crippen MR) is 103 cm³/mol. The molecule has 0 aliphatic rings. The Bertz CT molecular complexity index is 588. The summed E-state index contributed by atoms with van der Waals surface area (Å²) in [7, 11) is 3.17. The van der Waals surface area contributed by atoms with Gasteiger partial charge in [-0.2, -0.15) is 0 Å². The van der Waals surface area contributed by atoms with Crippen LogP contribution in [0.4, 0.5) is 17.6 Å². The molecule has 1 rings (SSSR count). The number of hydrogen-bond donors (Lipinski definition) is 0. The maximum Gasteiger partial charge on any atom is 0.197 e. The minimum atomic E-state index is -1.77. The molecular weight excluding hydrogens is 372 g/mol. The summed E-state index contributed by atoms with van der Waals surface area (Å²) < 4.78 is 64.8. The SMILES string of the molecule is CCCCCCCCC(CCCc1cc(F)c(F)c(F)c1F)C(C)(OC)OC. The van der Waals surface area contributed by atoms with Crippen molar-refractivity contribution in [3.05, 3.63) is 34.9 Å². The molecule has 1 atom stereocenters. The molecular formula is C22H34F4O2. The molecule has 1 aromatic rings. The molecule has 1 unspecified atom stereocenters. The molecule has 0 N–H and O–H groups in total. The Hall–Kier alpha value is -1.14. The summed E-state index contributed by atoms with van der Waals surface area (Å²) in [6.07, 6.45) is 9.17. The summed E-state index contributed by atoms with van der Waals surface area (Å²) >= 11 is 0. The minimum absolute atomic E-state index is 0.0619. The molecule has 0 saturated heterocycles. The van der Waals surface area contributed by atoms with Gasteiger partial charge in [-0.25, -0.2) is 17.6 Å². The van der Waals surface area contributed by atoms with Crippen molar-refractivity contribution in [3.8, 4) is 0 Å². The Morgan fingerprint density at radius 1 is 0.821 bits per heavy atom. The predicted octanol–water partition coefficient (Wildman–Crippen LogP) is 6.94. The van der Waals surface area contributed by atoms with Gasteiger partial charge in [0.15, 0.2) is 29.1 Å². The van der Waals surface area contributed by atoms with Crippen molar-refractivity contribution in [2.45, 2.75) is 83.8 Å². The number of hydrogen-bond acceptors (Lipinski definition) is 2. The van der Waals surface area contributed by atoms with Crippen LogP contribution in [0.5, 0.6) is 0 Å². The van der Waals surface area contributed by atoms with Gasteiger partial charge >= 0.3 is 0 Å². The third kappa shape index (κ3) is 7.03. The molecule has 2 nitrogen and oxygen atoms in total. The van der Waals surface area contributed by atoms with Gasteiger partial charge in [-0.1, -0.05) is 45.4 Å². The lowest BCUT2D eigenvalue weighted by molar-refractivity contribution is -0.230. The van der Waals surface area contributed by atoms with E-state index in [9.17, 15) is 17.6 Å². The highest BCUT2D eigenvalue weighted by Gasteiger charge is 2.33. The first-order valence-corrected chi connectivity index (χ1v) is 10.2. The second-order valence-electron chi connectivity index (χ2n) is 7.53. The van der Waals surface area contributed by atoms with Crippen molar-refractivity contribution in [1.82, 2.24) is 0 Å². The second-order valence-corrected chi connectivity index (χ2v) is 7.53. The molecule has 0 heterocycles. The Kier molecular flexibility index (Phi) is 11.1. The van der Waals surface area contributed by atoms with Crippen LogP contribution in [-0.2, 0) is 15.9 Å². The number of ether oxygens (including phenoxy) is 2. The molecule has 0 fully saturated rings. The molecule has 28 heavy (non-hydrogen) atoms. The van der Waals surface area contributed by atoms with E-state index >= 15 is 0 Å². The van der Waals surface area contributed by atoms with Crippen molar-refractivity contribution in [3.63, 3.8) is 0 Å². The molecule has 0 amide bonds. The molecule has 0 bridgehead atoms. The molecule has 1 aromatic carbocycles. The normalized spacial score (nSPS) is 13.1. The standard InChI is InChI=1S/C22H34F4O2/c1-5-6-7-8-9-10-13-17(22(2,27-3)28-4)14-11-12-16-15-18(23)20(25)21(26)19(16)24/h15,17H,5-14H2,1-4H3. The Balaban J connectivity index is 2.66. The molecule has 0 aromatic heterocycles. The van der Waals surface area contributed by atoms with E-state index in [0.717, 1.165) is 25.3 Å². The van der Waals surface area contributed by atoms with E-state index in [-0.39, 0.29) is 17.9 Å². The highest BCUT2D eigenvalue weighted by molar-refractivity contribution is 5.21. The lowest BCUT2D eigenvalue weighted by Crippen LogP contribution is -2.39. The molecule has 0 spiro atoms. The van der Waals surface area contributed by atoms with Crippen molar-refractivity contribution >= 4 is 0 Å². The van der Waals surface area contributed by atoms with Gasteiger partial charge in [-0.15, -0.1) is 0 Å². The van der Waals surface area contributed by atoms with Crippen LogP contribution in [0.1, 0.15) is 77.2 Å².